The van der Waals surface area contributed by atoms with Crippen LogP contribution in [0.15, 0.2) is 15.9 Å². The van der Waals surface area contributed by atoms with E-state index in [9.17, 15) is 4.79 Å². The minimum atomic E-state index is -0.233. The number of primary amides is 1. The van der Waals surface area contributed by atoms with Gasteiger partial charge in [-0.25, -0.2) is 0 Å². The Morgan fingerprint density at radius 2 is 2.26 bits per heavy atom. The largest absolute Gasteiger partial charge is 0.369 e. The highest BCUT2D eigenvalue weighted by atomic mass is 79.9. The number of carbonyl (C=O) groups excluding carboxylic acids is 1. The number of amides is 1. The highest BCUT2D eigenvalue weighted by Crippen LogP contribution is 2.28. The number of nitrogens with one attached hydrogen (secondary N) is 1. The van der Waals surface area contributed by atoms with Gasteiger partial charge in [-0.05, 0) is 47.8 Å². The van der Waals surface area contributed by atoms with Crippen LogP contribution in [0, 0.1) is 0 Å². The molecule has 0 radical (unpaired) electrons. The molecule has 0 saturated carbocycles. The van der Waals surface area contributed by atoms with Crippen LogP contribution in [0.4, 0.5) is 0 Å². The molecule has 1 saturated heterocycles. The molecular weight excluding hydrogens is 326 g/mol. The standard InChI is InChI=1S/C13H20BrN3OS/c1-9(11-2-3-12(14)19-11)16-10-4-6-17(7-5-10)8-13(15)18/h2-3,9-10,16H,4-8H2,1H3,(H2,15,18). The average molecular weight is 346 g/mol. The van der Waals surface area contributed by atoms with E-state index in [2.05, 4.69) is 45.2 Å². The van der Waals surface area contributed by atoms with Crippen LogP contribution >= 0.6 is 27.3 Å². The summed E-state index contributed by atoms with van der Waals surface area (Å²) in [5.74, 6) is -0.233. The normalized spacial score (nSPS) is 19.5. The van der Waals surface area contributed by atoms with Gasteiger partial charge in [0.2, 0.25) is 5.91 Å². The van der Waals surface area contributed by atoms with E-state index in [1.807, 2.05) is 0 Å². The van der Waals surface area contributed by atoms with Crippen molar-refractivity contribution in [2.45, 2.75) is 31.8 Å². The SMILES string of the molecule is CC(NC1CCN(CC(N)=O)CC1)c1ccc(Br)s1. The molecule has 3 N–H and O–H groups in total. The third-order valence-corrected chi connectivity index (χ3v) is 5.28. The maximum absolute atomic E-state index is 10.9. The Kier molecular flexibility index (Phi) is 5.38. The second-order valence-corrected chi connectivity index (χ2v) is 7.54. The highest BCUT2D eigenvalue weighted by Gasteiger charge is 2.21. The topological polar surface area (TPSA) is 58.4 Å². The number of halogens is 1. The van der Waals surface area contributed by atoms with Gasteiger partial charge in [-0.1, -0.05) is 0 Å². The summed E-state index contributed by atoms with van der Waals surface area (Å²) in [4.78, 5) is 14.4. The van der Waals surface area contributed by atoms with Gasteiger partial charge in [0, 0.05) is 30.1 Å². The molecule has 1 fully saturated rings. The monoisotopic (exact) mass is 345 g/mol. The number of likely N-dealkylation sites (tertiary alicyclic amines) is 1. The first-order chi connectivity index (χ1) is 9.04. The lowest BCUT2D eigenvalue weighted by atomic mass is 10.0. The van der Waals surface area contributed by atoms with Gasteiger partial charge in [-0.15, -0.1) is 11.3 Å². The summed E-state index contributed by atoms with van der Waals surface area (Å²) in [5, 5.41) is 3.67. The van der Waals surface area contributed by atoms with Crippen LogP contribution in [-0.4, -0.2) is 36.5 Å². The summed E-state index contributed by atoms with van der Waals surface area (Å²) < 4.78 is 1.17. The van der Waals surface area contributed by atoms with Gasteiger partial charge in [0.15, 0.2) is 0 Å². The number of hydrogen-bond donors (Lipinski definition) is 2. The van der Waals surface area contributed by atoms with Crippen molar-refractivity contribution < 1.29 is 4.79 Å². The smallest absolute Gasteiger partial charge is 0.231 e. The number of piperidine rings is 1. The highest BCUT2D eigenvalue weighted by molar-refractivity contribution is 9.11. The predicted molar refractivity (Wildman–Crippen MR) is 82.2 cm³/mol. The molecule has 1 atom stereocenters. The van der Waals surface area contributed by atoms with Crippen molar-refractivity contribution in [1.29, 1.82) is 0 Å². The van der Waals surface area contributed by atoms with E-state index in [4.69, 9.17) is 5.73 Å². The van der Waals surface area contributed by atoms with Crippen LogP contribution in [0.2, 0.25) is 0 Å². The summed E-state index contributed by atoms with van der Waals surface area (Å²) in [5.41, 5.74) is 5.22. The molecule has 1 aliphatic rings. The van der Waals surface area contributed by atoms with Crippen molar-refractivity contribution in [2.24, 2.45) is 5.73 Å². The maximum Gasteiger partial charge on any atom is 0.231 e. The Balaban J connectivity index is 1.77. The first-order valence-corrected chi connectivity index (χ1v) is 8.17. The van der Waals surface area contributed by atoms with Gasteiger partial charge in [0.05, 0.1) is 10.3 Å². The minimum Gasteiger partial charge on any atom is -0.369 e. The lowest BCUT2D eigenvalue weighted by Gasteiger charge is -2.33. The van der Waals surface area contributed by atoms with Crippen molar-refractivity contribution in [1.82, 2.24) is 10.2 Å². The molecule has 6 heteroatoms. The van der Waals surface area contributed by atoms with Crippen molar-refractivity contribution in [3.8, 4) is 0 Å². The van der Waals surface area contributed by atoms with E-state index in [-0.39, 0.29) is 5.91 Å². The predicted octanol–water partition coefficient (Wildman–Crippen LogP) is 2.11. The minimum absolute atomic E-state index is 0.233. The number of nitrogens with zero attached hydrogens (tertiary/aromatic N) is 1. The van der Waals surface area contributed by atoms with Gasteiger partial charge in [-0.3, -0.25) is 9.69 Å². The number of thiophene rings is 1. The average Bonchev–Trinajstić information content (AvgIpc) is 2.78. The van der Waals surface area contributed by atoms with Crippen LogP contribution in [0.3, 0.4) is 0 Å². The van der Waals surface area contributed by atoms with Crippen LogP contribution < -0.4 is 11.1 Å². The lowest BCUT2D eigenvalue weighted by molar-refractivity contribution is -0.119. The molecule has 2 heterocycles. The van der Waals surface area contributed by atoms with Gasteiger partial charge in [0.25, 0.3) is 0 Å². The molecule has 4 nitrogen and oxygen atoms in total. The lowest BCUT2D eigenvalue weighted by Crippen LogP contribution is -2.45. The molecule has 1 aromatic rings. The molecule has 106 valence electrons. The number of rotatable bonds is 5. The third-order valence-electron chi connectivity index (χ3n) is 3.47. The van der Waals surface area contributed by atoms with Crippen LogP contribution in [-0.2, 0) is 4.79 Å². The molecule has 1 amide bonds. The summed E-state index contributed by atoms with van der Waals surface area (Å²) in [6, 6.07) is 5.16. The van der Waals surface area contributed by atoms with E-state index < -0.39 is 0 Å². The molecule has 0 aromatic carbocycles. The molecule has 0 bridgehead atoms. The molecule has 0 spiro atoms. The first kappa shape index (κ1) is 15.0. The zero-order valence-electron chi connectivity index (χ0n) is 11.1. The second-order valence-electron chi connectivity index (χ2n) is 5.05. The van der Waals surface area contributed by atoms with Crippen molar-refractivity contribution >= 4 is 33.2 Å². The van der Waals surface area contributed by atoms with Gasteiger partial charge in [0.1, 0.15) is 0 Å². The van der Waals surface area contributed by atoms with Crippen LogP contribution in [0.25, 0.3) is 0 Å². The van der Waals surface area contributed by atoms with Gasteiger partial charge < -0.3 is 11.1 Å². The molecule has 1 aliphatic heterocycles. The number of nitrogens with two attached hydrogens (primary N) is 1. The van der Waals surface area contributed by atoms with Crippen molar-refractivity contribution in [2.75, 3.05) is 19.6 Å². The first-order valence-electron chi connectivity index (χ1n) is 6.56. The zero-order valence-corrected chi connectivity index (χ0v) is 13.5. The Morgan fingerprint density at radius 3 is 2.79 bits per heavy atom. The van der Waals surface area contributed by atoms with Crippen LogP contribution in [0.1, 0.15) is 30.7 Å². The Hall–Kier alpha value is -0.430. The summed E-state index contributed by atoms with van der Waals surface area (Å²) in [6.07, 6.45) is 2.15. The fourth-order valence-electron chi connectivity index (χ4n) is 2.47. The Bertz CT molecular complexity index is 429. The fourth-order valence-corrected chi connectivity index (χ4v) is 3.91. The van der Waals surface area contributed by atoms with Gasteiger partial charge >= 0.3 is 0 Å². The van der Waals surface area contributed by atoms with E-state index >= 15 is 0 Å². The second kappa shape index (κ2) is 6.83. The fraction of sp³-hybridized carbons (Fsp3) is 0.615. The Labute approximate surface area is 126 Å². The van der Waals surface area contributed by atoms with Crippen molar-refractivity contribution in [3.63, 3.8) is 0 Å². The summed E-state index contributed by atoms with van der Waals surface area (Å²) in [7, 11) is 0. The number of carbonyl (C=O) groups is 1. The van der Waals surface area contributed by atoms with E-state index in [1.54, 1.807) is 11.3 Å². The zero-order chi connectivity index (χ0) is 13.8. The van der Waals surface area contributed by atoms with E-state index in [0.29, 0.717) is 18.6 Å². The molecule has 1 aromatic heterocycles. The maximum atomic E-state index is 10.9. The summed E-state index contributed by atoms with van der Waals surface area (Å²) >= 11 is 5.27. The molecular formula is C13H20BrN3OS. The molecule has 2 rings (SSSR count). The quantitative estimate of drug-likeness (QED) is 0.859. The van der Waals surface area contributed by atoms with Crippen LogP contribution in [0.5, 0.6) is 0 Å². The molecule has 19 heavy (non-hydrogen) atoms. The van der Waals surface area contributed by atoms with E-state index in [1.165, 1.54) is 8.66 Å². The van der Waals surface area contributed by atoms with Crippen molar-refractivity contribution in [3.05, 3.63) is 20.8 Å². The third kappa shape index (κ3) is 4.56. The molecule has 0 aliphatic carbocycles. The number of hydrogen-bond acceptors (Lipinski definition) is 4. The Morgan fingerprint density at radius 1 is 1.58 bits per heavy atom. The molecule has 1 unspecified atom stereocenters. The van der Waals surface area contributed by atoms with Gasteiger partial charge in [-0.2, -0.15) is 0 Å². The van der Waals surface area contributed by atoms with E-state index in [0.717, 1.165) is 25.9 Å². The summed E-state index contributed by atoms with van der Waals surface area (Å²) in [6.45, 7) is 4.48.